The van der Waals surface area contributed by atoms with Gasteiger partial charge in [-0.1, -0.05) is 50.5 Å². The molecule has 3 rings (SSSR count). The summed E-state index contributed by atoms with van der Waals surface area (Å²) in [5.74, 6) is 3.31. The Balaban J connectivity index is 1.80. The molecule has 1 aromatic carbocycles. The first-order valence-electron chi connectivity index (χ1n) is 8.90. The van der Waals surface area contributed by atoms with Gasteiger partial charge in [0.1, 0.15) is 0 Å². The summed E-state index contributed by atoms with van der Waals surface area (Å²) in [5.41, 5.74) is 7.11. The lowest BCUT2D eigenvalue weighted by molar-refractivity contribution is 0.647. The molecular weight excluding hydrogens is 277 g/mol. The molecule has 0 spiro atoms. The van der Waals surface area contributed by atoms with Crippen LogP contribution in [0.1, 0.15) is 49.3 Å². The van der Waals surface area contributed by atoms with E-state index in [1.807, 2.05) is 0 Å². The standard InChI is InChI=1S/C21H26BN/c1-4-6-10-18-12-13-22-15-20-17(14-21(22)23-18)9-7-11-19(20)16(3)8-5-2/h1,7,9,11-12,21,23H,3,5-6,8,10,13-15H2,2H3. The number of benzene rings is 1. The molecule has 1 unspecified atom stereocenters. The molecule has 0 bridgehead atoms. The zero-order valence-corrected chi connectivity index (χ0v) is 14.2. The van der Waals surface area contributed by atoms with Gasteiger partial charge in [-0.2, -0.15) is 0 Å². The molecule has 0 aromatic heterocycles. The maximum Gasteiger partial charge on any atom is 0.176 e. The molecule has 0 saturated carbocycles. The Labute approximate surface area is 141 Å². The third-order valence-corrected chi connectivity index (χ3v) is 5.26. The van der Waals surface area contributed by atoms with Gasteiger partial charge < -0.3 is 5.32 Å². The molecule has 1 aromatic rings. The van der Waals surface area contributed by atoms with Crippen LogP contribution in [-0.2, 0) is 12.7 Å². The Hall–Kier alpha value is -1.88. The van der Waals surface area contributed by atoms with Crippen LogP contribution in [0.2, 0.25) is 6.32 Å². The lowest BCUT2D eigenvalue weighted by Crippen LogP contribution is -2.50. The minimum absolute atomic E-state index is 0.565. The first-order chi connectivity index (χ1) is 11.2. The molecule has 0 saturated heterocycles. The SMILES string of the molecule is C#CCCC1=CCB2Cc3c(cccc3C(=C)CCC)CC2N1. The van der Waals surface area contributed by atoms with Gasteiger partial charge >= 0.3 is 0 Å². The molecule has 0 aliphatic carbocycles. The van der Waals surface area contributed by atoms with Crippen LogP contribution in [0.4, 0.5) is 0 Å². The first kappa shape index (κ1) is 16.0. The monoisotopic (exact) mass is 303 g/mol. The van der Waals surface area contributed by atoms with Gasteiger partial charge in [-0.15, -0.1) is 12.3 Å². The lowest BCUT2D eigenvalue weighted by atomic mass is 9.35. The highest BCUT2D eigenvalue weighted by molar-refractivity contribution is 6.61. The second kappa shape index (κ2) is 7.13. The minimum atomic E-state index is 0.565. The van der Waals surface area contributed by atoms with E-state index in [0.717, 1.165) is 32.1 Å². The Kier molecular flexibility index (Phi) is 4.96. The number of hydrogen-bond acceptors (Lipinski definition) is 1. The summed E-state index contributed by atoms with van der Waals surface area (Å²) in [6.07, 6.45) is 15.3. The molecule has 0 amide bonds. The van der Waals surface area contributed by atoms with Gasteiger partial charge in [0, 0.05) is 18.1 Å². The second-order valence-electron chi connectivity index (χ2n) is 6.89. The van der Waals surface area contributed by atoms with Crippen molar-refractivity contribution >= 4 is 12.3 Å². The van der Waals surface area contributed by atoms with E-state index in [4.69, 9.17) is 6.42 Å². The zero-order chi connectivity index (χ0) is 16.2. The van der Waals surface area contributed by atoms with E-state index in [2.05, 4.69) is 49.0 Å². The maximum atomic E-state index is 5.40. The molecule has 2 aliphatic heterocycles. The van der Waals surface area contributed by atoms with Gasteiger partial charge in [0.15, 0.2) is 6.71 Å². The fourth-order valence-electron chi connectivity index (χ4n) is 4.03. The van der Waals surface area contributed by atoms with Crippen LogP contribution < -0.4 is 5.32 Å². The van der Waals surface area contributed by atoms with E-state index in [9.17, 15) is 0 Å². The normalized spacial score (nSPS) is 19.0. The van der Waals surface area contributed by atoms with Gasteiger partial charge in [-0.05, 0) is 47.8 Å². The van der Waals surface area contributed by atoms with Crippen molar-refractivity contribution in [3.63, 3.8) is 0 Å². The van der Waals surface area contributed by atoms with Gasteiger partial charge in [0.25, 0.3) is 0 Å². The van der Waals surface area contributed by atoms with Gasteiger partial charge in [0.2, 0.25) is 0 Å². The first-order valence-corrected chi connectivity index (χ1v) is 8.90. The summed E-state index contributed by atoms with van der Waals surface area (Å²) in [4.78, 5) is 0. The number of nitrogens with one attached hydrogen (secondary N) is 1. The summed E-state index contributed by atoms with van der Waals surface area (Å²) in [6, 6.07) is 6.77. The Morgan fingerprint density at radius 2 is 2.35 bits per heavy atom. The molecule has 0 radical (unpaired) electrons. The maximum absolute atomic E-state index is 5.40. The fourth-order valence-corrected chi connectivity index (χ4v) is 4.03. The third kappa shape index (κ3) is 3.40. The quantitative estimate of drug-likeness (QED) is 0.626. The van der Waals surface area contributed by atoms with E-state index in [1.54, 1.807) is 5.56 Å². The molecule has 0 fully saturated rings. The van der Waals surface area contributed by atoms with Crippen molar-refractivity contribution in [1.82, 2.24) is 5.32 Å². The molecule has 1 N–H and O–H groups in total. The fraction of sp³-hybridized carbons (Fsp3) is 0.429. The average molecular weight is 303 g/mol. The Bertz CT molecular complexity index is 665. The van der Waals surface area contributed by atoms with Crippen LogP contribution in [0.15, 0.2) is 36.6 Å². The number of terminal acetylenes is 1. The smallest absolute Gasteiger partial charge is 0.176 e. The third-order valence-electron chi connectivity index (χ3n) is 5.26. The predicted octanol–water partition coefficient (Wildman–Crippen LogP) is 4.44. The molecule has 1 nitrogen and oxygen atoms in total. The van der Waals surface area contributed by atoms with Crippen LogP contribution in [0, 0.1) is 12.3 Å². The summed E-state index contributed by atoms with van der Waals surface area (Å²) >= 11 is 0. The highest BCUT2D eigenvalue weighted by Gasteiger charge is 2.34. The largest absolute Gasteiger partial charge is 0.393 e. The number of rotatable bonds is 5. The van der Waals surface area contributed by atoms with Crippen molar-refractivity contribution in [2.75, 3.05) is 0 Å². The van der Waals surface area contributed by atoms with E-state index < -0.39 is 0 Å². The van der Waals surface area contributed by atoms with E-state index >= 15 is 0 Å². The predicted molar refractivity (Wildman–Crippen MR) is 101 cm³/mol. The zero-order valence-electron chi connectivity index (χ0n) is 14.2. The Morgan fingerprint density at radius 1 is 1.48 bits per heavy atom. The Morgan fingerprint density at radius 3 is 3.13 bits per heavy atom. The van der Waals surface area contributed by atoms with Crippen molar-refractivity contribution in [3.8, 4) is 12.3 Å². The molecule has 118 valence electrons. The van der Waals surface area contributed by atoms with E-state index in [0.29, 0.717) is 12.7 Å². The van der Waals surface area contributed by atoms with E-state index in [-0.39, 0.29) is 0 Å². The minimum Gasteiger partial charge on any atom is -0.393 e. The summed E-state index contributed by atoms with van der Waals surface area (Å²) in [6.45, 7) is 7.25. The number of fused-ring (bicyclic) bond motifs is 2. The highest BCUT2D eigenvalue weighted by atomic mass is 14.9. The van der Waals surface area contributed by atoms with Gasteiger partial charge in [-0.3, -0.25) is 0 Å². The number of hydrogen-bond donors (Lipinski definition) is 1. The molecule has 2 heteroatoms. The topological polar surface area (TPSA) is 12.0 Å². The van der Waals surface area contributed by atoms with Crippen LogP contribution in [-0.4, -0.2) is 12.7 Å². The average Bonchev–Trinajstić information content (AvgIpc) is 2.57. The summed E-state index contributed by atoms with van der Waals surface area (Å²) in [5, 5.41) is 3.75. The van der Waals surface area contributed by atoms with Crippen LogP contribution in [0.5, 0.6) is 0 Å². The van der Waals surface area contributed by atoms with Gasteiger partial charge in [-0.25, -0.2) is 0 Å². The van der Waals surface area contributed by atoms with Crippen molar-refractivity contribution in [1.29, 1.82) is 0 Å². The summed E-state index contributed by atoms with van der Waals surface area (Å²) < 4.78 is 0. The highest BCUT2D eigenvalue weighted by Crippen LogP contribution is 2.32. The lowest BCUT2D eigenvalue weighted by Gasteiger charge is -2.37. The molecular formula is C21H26BN. The second-order valence-corrected chi connectivity index (χ2v) is 6.89. The van der Waals surface area contributed by atoms with Crippen molar-refractivity contribution in [2.24, 2.45) is 0 Å². The molecule has 23 heavy (non-hydrogen) atoms. The van der Waals surface area contributed by atoms with Crippen LogP contribution >= 0.6 is 0 Å². The van der Waals surface area contributed by atoms with Gasteiger partial charge in [0.05, 0.1) is 0 Å². The van der Waals surface area contributed by atoms with Crippen LogP contribution in [0.25, 0.3) is 5.57 Å². The molecule has 2 heterocycles. The number of allylic oxidation sites excluding steroid dienone is 3. The van der Waals surface area contributed by atoms with Crippen LogP contribution in [0.3, 0.4) is 0 Å². The van der Waals surface area contributed by atoms with Crippen molar-refractivity contribution in [3.05, 3.63) is 53.2 Å². The molecule has 2 aliphatic rings. The van der Waals surface area contributed by atoms with Crippen molar-refractivity contribution < 1.29 is 0 Å². The van der Waals surface area contributed by atoms with Crippen molar-refractivity contribution in [2.45, 2.75) is 57.6 Å². The molecule has 1 atom stereocenters. The summed E-state index contributed by atoms with van der Waals surface area (Å²) in [7, 11) is 0. The van der Waals surface area contributed by atoms with E-state index in [1.165, 1.54) is 35.0 Å².